The molecule has 0 spiro atoms. The molecular formula is C31H28O5S. The monoisotopic (exact) mass is 512 g/mol. The third kappa shape index (κ3) is 3.87. The van der Waals surface area contributed by atoms with Crippen molar-refractivity contribution < 1.29 is 22.5 Å². The first-order valence-electron chi connectivity index (χ1n) is 12.6. The van der Waals surface area contributed by atoms with Gasteiger partial charge in [-0.2, -0.15) is 8.42 Å². The van der Waals surface area contributed by atoms with Crippen molar-refractivity contribution >= 4 is 26.9 Å². The molecule has 2 bridgehead atoms. The third-order valence-corrected chi connectivity index (χ3v) is 8.89. The Morgan fingerprint density at radius 1 is 0.892 bits per heavy atom. The van der Waals surface area contributed by atoms with Gasteiger partial charge in [-0.1, -0.05) is 74.5 Å². The van der Waals surface area contributed by atoms with Crippen molar-refractivity contribution in [3.8, 4) is 5.75 Å². The SMILES string of the molecule is Cc1cc(S(=O)(=O)O)c(C(C)C)cc1OC(=O)C1CC2c3ccccc3C1c1cc3ccccc3cc12. The minimum Gasteiger partial charge on any atom is -0.426 e. The Morgan fingerprint density at radius 3 is 2.16 bits per heavy atom. The van der Waals surface area contributed by atoms with Crippen LogP contribution < -0.4 is 4.74 Å². The van der Waals surface area contributed by atoms with Gasteiger partial charge in [0.15, 0.2) is 0 Å². The number of benzene rings is 4. The van der Waals surface area contributed by atoms with Crippen LogP contribution in [-0.4, -0.2) is 18.9 Å². The van der Waals surface area contributed by atoms with Crippen molar-refractivity contribution in [2.24, 2.45) is 5.92 Å². The molecule has 3 atom stereocenters. The molecule has 0 saturated carbocycles. The maximum atomic E-state index is 13.8. The van der Waals surface area contributed by atoms with E-state index in [-0.39, 0.29) is 34.5 Å². The highest BCUT2D eigenvalue weighted by atomic mass is 32.2. The van der Waals surface area contributed by atoms with Crippen LogP contribution in [0.15, 0.2) is 77.7 Å². The third-order valence-electron chi connectivity index (χ3n) is 7.98. The van der Waals surface area contributed by atoms with E-state index >= 15 is 0 Å². The average Bonchev–Trinajstić information content (AvgIpc) is 2.87. The van der Waals surface area contributed by atoms with E-state index < -0.39 is 10.1 Å². The van der Waals surface area contributed by atoms with E-state index in [1.807, 2.05) is 32.0 Å². The minimum atomic E-state index is -4.40. The maximum Gasteiger partial charge on any atom is 0.315 e. The van der Waals surface area contributed by atoms with Gasteiger partial charge < -0.3 is 4.74 Å². The number of hydrogen-bond donors (Lipinski definition) is 1. The van der Waals surface area contributed by atoms with Gasteiger partial charge in [0.05, 0.1) is 10.8 Å². The van der Waals surface area contributed by atoms with Crippen LogP contribution in [0.5, 0.6) is 5.75 Å². The fourth-order valence-electron chi connectivity index (χ4n) is 6.25. The van der Waals surface area contributed by atoms with Crippen LogP contribution in [0.4, 0.5) is 0 Å². The van der Waals surface area contributed by atoms with E-state index in [4.69, 9.17) is 4.74 Å². The minimum absolute atomic E-state index is 0.104. The normalized spacial score (nSPS) is 20.1. The van der Waals surface area contributed by atoms with Gasteiger partial charge in [0, 0.05) is 11.8 Å². The van der Waals surface area contributed by atoms with E-state index in [0.717, 1.165) is 5.39 Å². The van der Waals surface area contributed by atoms with Gasteiger partial charge in [-0.25, -0.2) is 0 Å². The lowest BCUT2D eigenvalue weighted by Gasteiger charge is -2.44. The molecule has 0 saturated heterocycles. The summed E-state index contributed by atoms with van der Waals surface area (Å²) in [4.78, 5) is 13.6. The second-order valence-electron chi connectivity index (χ2n) is 10.5. The first kappa shape index (κ1) is 23.9. The summed E-state index contributed by atoms with van der Waals surface area (Å²) in [7, 11) is -4.40. The van der Waals surface area contributed by atoms with Crippen molar-refractivity contribution in [1.29, 1.82) is 0 Å². The molecule has 7 rings (SSSR count). The fraction of sp³-hybridized carbons (Fsp3) is 0.258. The summed E-state index contributed by atoms with van der Waals surface area (Å²) in [5.74, 6) is -0.553. The maximum absolute atomic E-state index is 13.8. The Hall–Kier alpha value is -3.48. The molecule has 0 aromatic heterocycles. The number of hydrogen-bond acceptors (Lipinski definition) is 4. The molecule has 37 heavy (non-hydrogen) atoms. The predicted molar refractivity (Wildman–Crippen MR) is 143 cm³/mol. The van der Waals surface area contributed by atoms with Crippen LogP contribution in [0, 0.1) is 12.8 Å². The Labute approximate surface area is 216 Å². The Kier molecular flexibility index (Phi) is 5.51. The average molecular weight is 513 g/mol. The lowest BCUT2D eigenvalue weighted by atomic mass is 9.59. The Balaban J connectivity index is 1.42. The first-order valence-corrected chi connectivity index (χ1v) is 14.0. The van der Waals surface area contributed by atoms with Crippen molar-refractivity contribution in [3.63, 3.8) is 0 Å². The van der Waals surface area contributed by atoms with Crippen molar-refractivity contribution in [2.45, 2.75) is 49.8 Å². The summed E-state index contributed by atoms with van der Waals surface area (Å²) < 4.78 is 39.6. The Bertz CT molecular complexity index is 1690. The predicted octanol–water partition coefficient (Wildman–Crippen LogP) is 6.72. The summed E-state index contributed by atoms with van der Waals surface area (Å²) >= 11 is 0. The van der Waals surface area contributed by atoms with Crippen LogP contribution in [0.25, 0.3) is 10.8 Å². The van der Waals surface area contributed by atoms with Crippen LogP contribution in [0.2, 0.25) is 0 Å². The first-order chi connectivity index (χ1) is 17.6. The molecule has 188 valence electrons. The van der Waals surface area contributed by atoms with E-state index in [2.05, 4.69) is 42.5 Å². The molecule has 6 heteroatoms. The topological polar surface area (TPSA) is 80.7 Å². The molecule has 0 radical (unpaired) electrons. The number of carbonyl (C=O) groups is 1. The van der Waals surface area contributed by atoms with Gasteiger partial charge in [-0.3, -0.25) is 9.35 Å². The van der Waals surface area contributed by atoms with Gasteiger partial charge >= 0.3 is 5.97 Å². The molecule has 4 aromatic rings. The second-order valence-corrected chi connectivity index (χ2v) is 11.9. The van der Waals surface area contributed by atoms with Crippen LogP contribution in [0.1, 0.15) is 71.4 Å². The molecule has 0 aliphatic heterocycles. The molecule has 0 heterocycles. The van der Waals surface area contributed by atoms with E-state index in [9.17, 15) is 17.8 Å². The number of esters is 1. The highest BCUT2D eigenvalue weighted by molar-refractivity contribution is 7.85. The fourth-order valence-corrected chi connectivity index (χ4v) is 7.17. The van der Waals surface area contributed by atoms with Crippen LogP contribution in [0.3, 0.4) is 0 Å². The molecule has 3 aliphatic carbocycles. The van der Waals surface area contributed by atoms with Crippen molar-refractivity contribution in [2.75, 3.05) is 0 Å². The molecule has 4 aromatic carbocycles. The molecular weight excluding hydrogens is 484 g/mol. The lowest BCUT2D eigenvalue weighted by Crippen LogP contribution is -2.38. The summed E-state index contributed by atoms with van der Waals surface area (Å²) in [6.07, 6.45) is 0.658. The van der Waals surface area contributed by atoms with Crippen LogP contribution in [-0.2, 0) is 14.9 Å². The zero-order chi connectivity index (χ0) is 26.1. The lowest BCUT2D eigenvalue weighted by molar-refractivity contribution is -0.140. The van der Waals surface area contributed by atoms with E-state index in [0.29, 0.717) is 23.3 Å². The van der Waals surface area contributed by atoms with Crippen molar-refractivity contribution in [1.82, 2.24) is 0 Å². The van der Waals surface area contributed by atoms with Crippen molar-refractivity contribution in [3.05, 3.63) is 106 Å². The number of carbonyl (C=O) groups excluding carboxylic acids is 1. The summed E-state index contributed by atoms with van der Waals surface area (Å²) in [6, 6.07) is 24.1. The van der Waals surface area contributed by atoms with Gasteiger partial charge in [0.1, 0.15) is 5.75 Å². The van der Waals surface area contributed by atoms with Gasteiger partial charge in [0.25, 0.3) is 10.1 Å². The molecule has 1 N–H and O–H groups in total. The zero-order valence-electron chi connectivity index (χ0n) is 20.9. The number of aryl methyl sites for hydroxylation is 1. The Morgan fingerprint density at radius 2 is 1.51 bits per heavy atom. The quantitative estimate of drug-likeness (QED) is 0.186. The van der Waals surface area contributed by atoms with Gasteiger partial charge in [-0.05, 0) is 75.5 Å². The summed E-state index contributed by atoms with van der Waals surface area (Å²) in [5.41, 5.74) is 5.81. The van der Waals surface area contributed by atoms with E-state index in [1.165, 1.54) is 33.7 Å². The number of rotatable bonds is 4. The molecule has 0 amide bonds. The largest absolute Gasteiger partial charge is 0.426 e. The summed E-state index contributed by atoms with van der Waals surface area (Å²) in [5, 5.41) is 2.35. The molecule has 3 aliphatic rings. The number of fused-ring (bicyclic) bond motifs is 2. The molecule has 5 nitrogen and oxygen atoms in total. The summed E-state index contributed by atoms with van der Waals surface area (Å²) in [6.45, 7) is 5.36. The second kappa shape index (κ2) is 8.54. The van der Waals surface area contributed by atoms with Crippen LogP contribution >= 0.6 is 0 Å². The molecule has 0 fully saturated rings. The van der Waals surface area contributed by atoms with E-state index in [1.54, 1.807) is 13.0 Å². The van der Waals surface area contributed by atoms with Gasteiger partial charge in [0.2, 0.25) is 0 Å². The van der Waals surface area contributed by atoms with Gasteiger partial charge in [-0.15, -0.1) is 0 Å². The highest BCUT2D eigenvalue weighted by Gasteiger charge is 2.47. The highest BCUT2D eigenvalue weighted by Crippen LogP contribution is 2.56. The number of ether oxygens (including phenoxy) is 1. The smallest absolute Gasteiger partial charge is 0.315 e. The standard InChI is InChI=1S/C31H28O5S/c1-17(2)23-16-28(18(3)12-29(23)37(33,34)35)36-31(32)27-15-25-21-10-6-7-11-22(21)30(27)26-14-20-9-5-4-8-19(20)13-24(25)26/h4-14,16-17,25,27,30H,15H2,1-3H3,(H,33,34,35). The molecule has 3 unspecified atom stereocenters. The zero-order valence-corrected chi connectivity index (χ0v) is 21.7.